The van der Waals surface area contributed by atoms with E-state index in [1.165, 1.54) is 10.6 Å². The Labute approximate surface area is 181 Å². The number of amides is 1. The summed E-state index contributed by atoms with van der Waals surface area (Å²) in [7, 11) is -2.24. The molecular weight excluding hydrogens is 412 g/mol. The minimum absolute atomic E-state index is 0.0966. The van der Waals surface area contributed by atoms with E-state index in [0.29, 0.717) is 11.3 Å². The van der Waals surface area contributed by atoms with Crippen LogP contribution in [0.5, 0.6) is 0 Å². The standard InChI is InChI=1S/C24H22N2O4S/c1-25-24(27)20-10-8-18(9-11-20)16-26(17-22-7-4-14-30-22)31(28,29)23-13-12-19-5-2-3-6-21(19)15-23/h2-15H,16-17H2,1H3,(H,25,27). The summed E-state index contributed by atoms with van der Waals surface area (Å²) in [6, 6.07) is 23.1. The fourth-order valence-corrected chi connectivity index (χ4v) is 4.82. The number of rotatable bonds is 7. The molecule has 0 radical (unpaired) electrons. The van der Waals surface area contributed by atoms with Gasteiger partial charge in [-0.3, -0.25) is 4.79 Å². The molecule has 3 aromatic carbocycles. The summed E-state index contributed by atoms with van der Waals surface area (Å²) in [5, 5.41) is 4.41. The van der Waals surface area contributed by atoms with Crippen molar-refractivity contribution in [1.29, 1.82) is 0 Å². The fourth-order valence-electron chi connectivity index (χ4n) is 3.39. The van der Waals surface area contributed by atoms with Crippen LogP contribution in [0.3, 0.4) is 0 Å². The Balaban J connectivity index is 1.68. The number of benzene rings is 3. The highest BCUT2D eigenvalue weighted by Crippen LogP contribution is 2.25. The van der Waals surface area contributed by atoms with Gasteiger partial charge in [0, 0.05) is 19.2 Å². The van der Waals surface area contributed by atoms with E-state index in [1.807, 2.05) is 30.3 Å². The maximum absolute atomic E-state index is 13.5. The first-order valence-electron chi connectivity index (χ1n) is 9.80. The first-order chi connectivity index (χ1) is 15.0. The van der Waals surface area contributed by atoms with Gasteiger partial charge < -0.3 is 9.73 Å². The highest BCUT2D eigenvalue weighted by atomic mass is 32.2. The number of carbonyl (C=O) groups is 1. The molecule has 0 aliphatic heterocycles. The van der Waals surface area contributed by atoms with E-state index >= 15 is 0 Å². The van der Waals surface area contributed by atoms with E-state index in [9.17, 15) is 13.2 Å². The maximum Gasteiger partial charge on any atom is 0.251 e. The zero-order valence-corrected chi connectivity index (χ0v) is 17.8. The Morgan fingerprint density at radius 2 is 1.65 bits per heavy atom. The third-order valence-corrected chi connectivity index (χ3v) is 6.86. The average molecular weight is 435 g/mol. The number of hydrogen-bond donors (Lipinski definition) is 1. The normalized spacial score (nSPS) is 11.7. The first kappa shape index (κ1) is 20.8. The minimum Gasteiger partial charge on any atom is -0.468 e. The quantitative estimate of drug-likeness (QED) is 0.473. The van der Waals surface area contributed by atoms with Gasteiger partial charge >= 0.3 is 0 Å². The molecule has 158 valence electrons. The lowest BCUT2D eigenvalue weighted by atomic mass is 10.1. The zero-order valence-electron chi connectivity index (χ0n) is 17.0. The van der Waals surface area contributed by atoms with Crippen molar-refractivity contribution < 1.29 is 17.6 Å². The van der Waals surface area contributed by atoms with Gasteiger partial charge in [0.25, 0.3) is 5.91 Å². The molecule has 4 rings (SSSR count). The molecule has 4 aromatic rings. The minimum atomic E-state index is -3.80. The molecule has 1 N–H and O–H groups in total. The Morgan fingerprint density at radius 3 is 2.32 bits per heavy atom. The molecule has 1 aromatic heterocycles. The van der Waals surface area contributed by atoms with Gasteiger partial charge in [0.1, 0.15) is 5.76 Å². The molecule has 0 spiro atoms. The van der Waals surface area contributed by atoms with Crippen molar-refractivity contribution in [2.45, 2.75) is 18.0 Å². The van der Waals surface area contributed by atoms with Crippen LogP contribution in [0.2, 0.25) is 0 Å². The molecule has 0 atom stereocenters. The second-order valence-electron chi connectivity index (χ2n) is 7.14. The number of fused-ring (bicyclic) bond motifs is 1. The zero-order chi connectivity index (χ0) is 21.8. The lowest BCUT2D eigenvalue weighted by Gasteiger charge is -2.22. The van der Waals surface area contributed by atoms with Crippen molar-refractivity contribution in [3.8, 4) is 0 Å². The number of carbonyl (C=O) groups excluding carboxylic acids is 1. The van der Waals surface area contributed by atoms with Gasteiger partial charge in [-0.2, -0.15) is 4.31 Å². The lowest BCUT2D eigenvalue weighted by Crippen LogP contribution is -2.30. The van der Waals surface area contributed by atoms with Crippen LogP contribution in [0.15, 0.2) is 94.4 Å². The summed E-state index contributed by atoms with van der Waals surface area (Å²) < 4.78 is 33.9. The molecule has 1 heterocycles. The van der Waals surface area contributed by atoms with Crippen LogP contribution >= 0.6 is 0 Å². The summed E-state index contributed by atoms with van der Waals surface area (Å²) in [5.41, 5.74) is 1.28. The summed E-state index contributed by atoms with van der Waals surface area (Å²) in [5.74, 6) is 0.356. The van der Waals surface area contributed by atoms with E-state index < -0.39 is 10.0 Å². The third kappa shape index (κ3) is 4.52. The summed E-state index contributed by atoms with van der Waals surface area (Å²) in [6.07, 6.45) is 1.52. The van der Waals surface area contributed by atoms with Crippen LogP contribution in [0.25, 0.3) is 10.8 Å². The summed E-state index contributed by atoms with van der Waals surface area (Å²) >= 11 is 0. The fraction of sp³-hybridized carbons (Fsp3) is 0.125. The Kier molecular flexibility index (Phi) is 5.88. The highest BCUT2D eigenvalue weighted by molar-refractivity contribution is 7.89. The second kappa shape index (κ2) is 8.75. The molecule has 0 aliphatic carbocycles. The highest BCUT2D eigenvalue weighted by Gasteiger charge is 2.26. The van der Waals surface area contributed by atoms with E-state index in [2.05, 4.69) is 5.32 Å². The SMILES string of the molecule is CNC(=O)c1ccc(CN(Cc2ccco2)S(=O)(=O)c2ccc3ccccc3c2)cc1. The molecule has 0 unspecified atom stereocenters. The topological polar surface area (TPSA) is 79.6 Å². The van der Waals surface area contributed by atoms with Gasteiger partial charge in [-0.05, 0) is 52.7 Å². The van der Waals surface area contributed by atoms with Gasteiger partial charge in [0.2, 0.25) is 10.0 Å². The molecule has 0 saturated heterocycles. The van der Waals surface area contributed by atoms with E-state index in [0.717, 1.165) is 16.3 Å². The molecule has 0 saturated carbocycles. The van der Waals surface area contributed by atoms with Gasteiger partial charge in [0.05, 0.1) is 17.7 Å². The predicted molar refractivity (Wildman–Crippen MR) is 119 cm³/mol. The van der Waals surface area contributed by atoms with Crippen molar-refractivity contribution in [2.75, 3.05) is 7.05 Å². The van der Waals surface area contributed by atoms with Crippen molar-refractivity contribution in [3.05, 3.63) is 102 Å². The van der Waals surface area contributed by atoms with Crippen LogP contribution in [-0.4, -0.2) is 25.7 Å². The smallest absolute Gasteiger partial charge is 0.251 e. The van der Waals surface area contributed by atoms with E-state index in [-0.39, 0.29) is 23.9 Å². The van der Waals surface area contributed by atoms with Crippen molar-refractivity contribution in [3.63, 3.8) is 0 Å². The third-order valence-electron chi connectivity index (χ3n) is 5.07. The molecule has 31 heavy (non-hydrogen) atoms. The molecule has 7 heteroatoms. The van der Waals surface area contributed by atoms with Crippen LogP contribution < -0.4 is 5.32 Å². The van der Waals surface area contributed by atoms with E-state index in [1.54, 1.807) is 55.6 Å². The van der Waals surface area contributed by atoms with Gasteiger partial charge in [0.15, 0.2) is 0 Å². The first-order valence-corrected chi connectivity index (χ1v) is 11.2. The maximum atomic E-state index is 13.5. The number of nitrogens with zero attached hydrogens (tertiary/aromatic N) is 1. The second-order valence-corrected chi connectivity index (χ2v) is 9.08. The number of sulfonamides is 1. The number of furan rings is 1. The average Bonchev–Trinajstić information content (AvgIpc) is 3.31. The molecule has 1 amide bonds. The van der Waals surface area contributed by atoms with Gasteiger partial charge in [-0.15, -0.1) is 0 Å². The summed E-state index contributed by atoms with van der Waals surface area (Å²) in [4.78, 5) is 12.0. The number of nitrogens with one attached hydrogen (secondary N) is 1. The van der Waals surface area contributed by atoms with Gasteiger partial charge in [-0.1, -0.05) is 42.5 Å². The van der Waals surface area contributed by atoms with Gasteiger partial charge in [-0.25, -0.2) is 8.42 Å². The Hall–Kier alpha value is -3.42. The number of hydrogen-bond acceptors (Lipinski definition) is 4. The van der Waals surface area contributed by atoms with Crippen LogP contribution in [0.1, 0.15) is 21.7 Å². The lowest BCUT2D eigenvalue weighted by molar-refractivity contribution is 0.0963. The summed E-state index contributed by atoms with van der Waals surface area (Å²) in [6.45, 7) is 0.239. The Bertz CT molecular complexity index is 1300. The van der Waals surface area contributed by atoms with Crippen LogP contribution in [-0.2, 0) is 23.1 Å². The molecular formula is C24H22N2O4S. The monoisotopic (exact) mass is 434 g/mol. The van der Waals surface area contributed by atoms with Crippen LogP contribution in [0.4, 0.5) is 0 Å². The van der Waals surface area contributed by atoms with Crippen molar-refractivity contribution >= 4 is 26.7 Å². The van der Waals surface area contributed by atoms with Crippen LogP contribution in [0, 0.1) is 0 Å². The predicted octanol–water partition coefficient (Wildman–Crippen LogP) is 4.18. The Morgan fingerprint density at radius 1 is 0.903 bits per heavy atom. The van der Waals surface area contributed by atoms with E-state index in [4.69, 9.17) is 4.42 Å². The van der Waals surface area contributed by atoms with Crippen molar-refractivity contribution in [2.24, 2.45) is 0 Å². The molecule has 0 bridgehead atoms. The van der Waals surface area contributed by atoms with Crippen molar-refractivity contribution in [1.82, 2.24) is 9.62 Å². The molecule has 6 nitrogen and oxygen atoms in total. The largest absolute Gasteiger partial charge is 0.468 e. The molecule has 0 aliphatic rings. The molecule has 0 fully saturated rings.